The summed E-state index contributed by atoms with van der Waals surface area (Å²) in [5.41, 5.74) is 3.30. The summed E-state index contributed by atoms with van der Waals surface area (Å²) in [5, 5.41) is 16.6. The lowest BCUT2D eigenvalue weighted by molar-refractivity contribution is 0.375. The average Bonchev–Trinajstić information content (AvgIpc) is 3.16. The predicted molar refractivity (Wildman–Crippen MR) is 86.6 cm³/mol. The Morgan fingerprint density at radius 1 is 1.30 bits per heavy atom. The number of nitrogens with zero attached hydrogens (tertiary/aromatic N) is 6. The number of benzene rings is 1. The molecule has 0 N–H and O–H groups in total. The van der Waals surface area contributed by atoms with Gasteiger partial charge in [0.1, 0.15) is 0 Å². The molecule has 3 rings (SSSR count). The summed E-state index contributed by atoms with van der Waals surface area (Å²) in [7, 11) is 0. The topological polar surface area (TPSA) is 82.5 Å². The standard InChI is InChI=1S/C15H18N6OS/c1-5-13-16-14(22-18-13)11(4)23-15-17-19-20-21(15)12-7-6-9(2)8-10(12)3/h6-8,11H,5H2,1-4H3. The normalized spacial score (nSPS) is 12.5. The molecule has 0 aliphatic heterocycles. The molecule has 0 aliphatic rings. The highest BCUT2D eigenvalue weighted by Gasteiger charge is 2.20. The van der Waals surface area contributed by atoms with Crippen LogP contribution in [0.1, 0.15) is 41.9 Å². The van der Waals surface area contributed by atoms with Gasteiger partial charge in [0, 0.05) is 6.42 Å². The Morgan fingerprint density at radius 2 is 2.13 bits per heavy atom. The molecular weight excluding hydrogens is 312 g/mol. The molecule has 0 aliphatic carbocycles. The fourth-order valence-electron chi connectivity index (χ4n) is 2.23. The van der Waals surface area contributed by atoms with Gasteiger partial charge in [-0.1, -0.05) is 41.5 Å². The van der Waals surface area contributed by atoms with E-state index in [9.17, 15) is 0 Å². The fourth-order valence-corrected chi connectivity index (χ4v) is 3.06. The van der Waals surface area contributed by atoms with Crippen LogP contribution in [0.15, 0.2) is 27.9 Å². The highest BCUT2D eigenvalue weighted by Crippen LogP contribution is 2.33. The van der Waals surface area contributed by atoms with Crippen LogP contribution < -0.4 is 0 Å². The van der Waals surface area contributed by atoms with E-state index in [1.54, 1.807) is 4.68 Å². The van der Waals surface area contributed by atoms with Crippen molar-refractivity contribution in [2.45, 2.75) is 44.5 Å². The summed E-state index contributed by atoms with van der Waals surface area (Å²) >= 11 is 1.49. The summed E-state index contributed by atoms with van der Waals surface area (Å²) in [6.07, 6.45) is 0.751. The maximum atomic E-state index is 5.29. The molecule has 3 aromatic rings. The summed E-state index contributed by atoms with van der Waals surface area (Å²) < 4.78 is 7.03. The quantitative estimate of drug-likeness (QED) is 0.665. The molecule has 1 unspecified atom stereocenters. The molecule has 1 atom stereocenters. The lowest BCUT2D eigenvalue weighted by Crippen LogP contribution is -2.03. The van der Waals surface area contributed by atoms with Crippen LogP contribution in [0.4, 0.5) is 0 Å². The van der Waals surface area contributed by atoms with Crippen LogP contribution in [0.5, 0.6) is 0 Å². The van der Waals surface area contributed by atoms with Crippen molar-refractivity contribution < 1.29 is 4.52 Å². The van der Waals surface area contributed by atoms with E-state index in [0.29, 0.717) is 16.9 Å². The van der Waals surface area contributed by atoms with Crippen molar-refractivity contribution in [1.82, 2.24) is 30.3 Å². The highest BCUT2D eigenvalue weighted by atomic mass is 32.2. The van der Waals surface area contributed by atoms with Gasteiger partial charge in [-0.3, -0.25) is 0 Å². The maximum Gasteiger partial charge on any atom is 0.239 e. The number of tetrazole rings is 1. The van der Waals surface area contributed by atoms with Gasteiger partial charge in [0.15, 0.2) is 5.82 Å². The van der Waals surface area contributed by atoms with E-state index in [4.69, 9.17) is 4.52 Å². The van der Waals surface area contributed by atoms with E-state index >= 15 is 0 Å². The van der Waals surface area contributed by atoms with Crippen molar-refractivity contribution in [2.75, 3.05) is 0 Å². The van der Waals surface area contributed by atoms with Gasteiger partial charge in [-0.15, -0.1) is 5.10 Å². The maximum absolute atomic E-state index is 5.29. The first-order chi connectivity index (χ1) is 11.1. The average molecular weight is 330 g/mol. The number of hydrogen-bond donors (Lipinski definition) is 0. The van der Waals surface area contributed by atoms with Crippen LogP contribution in [0.2, 0.25) is 0 Å². The molecule has 0 fully saturated rings. The summed E-state index contributed by atoms with van der Waals surface area (Å²) in [4.78, 5) is 4.36. The zero-order chi connectivity index (χ0) is 16.4. The van der Waals surface area contributed by atoms with Crippen LogP contribution >= 0.6 is 11.8 Å². The second kappa shape index (κ2) is 6.49. The molecular formula is C15H18N6OS. The van der Waals surface area contributed by atoms with Crippen LogP contribution in [0.3, 0.4) is 0 Å². The van der Waals surface area contributed by atoms with Crippen molar-refractivity contribution >= 4 is 11.8 Å². The van der Waals surface area contributed by atoms with Crippen molar-refractivity contribution in [1.29, 1.82) is 0 Å². The number of hydrogen-bond acceptors (Lipinski definition) is 7. The first-order valence-corrected chi connectivity index (χ1v) is 8.31. The Hall–Kier alpha value is -2.22. The van der Waals surface area contributed by atoms with Gasteiger partial charge >= 0.3 is 0 Å². The number of thioether (sulfide) groups is 1. The first kappa shape index (κ1) is 15.7. The fraction of sp³-hybridized carbons (Fsp3) is 0.400. The molecule has 23 heavy (non-hydrogen) atoms. The third-order valence-electron chi connectivity index (χ3n) is 3.45. The summed E-state index contributed by atoms with van der Waals surface area (Å²) in [5.74, 6) is 1.29. The van der Waals surface area contributed by atoms with Crippen molar-refractivity contribution in [3.63, 3.8) is 0 Å². The molecule has 8 heteroatoms. The Kier molecular flexibility index (Phi) is 4.42. The molecule has 120 valence electrons. The van der Waals surface area contributed by atoms with Gasteiger partial charge in [0.2, 0.25) is 11.0 Å². The Labute approximate surface area is 138 Å². The minimum atomic E-state index is -0.0293. The van der Waals surface area contributed by atoms with Gasteiger partial charge in [0.25, 0.3) is 0 Å². The highest BCUT2D eigenvalue weighted by molar-refractivity contribution is 7.99. The third-order valence-corrected chi connectivity index (χ3v) is 4.47. The molecule has 2 heterocycles. The summed E-state index contributed by atoms with van der Waals surface area (Å²) in [6, 6.07) is 6.19. The monoisotopic (exact) mass is 330 g/mol. The Bertz CT molecular complexity index is 812. The molecule has 0 bridgehead atoms. The van der Waals surface area contributed by atoms with Crippen LogP contribution in [-0.2, 0) is 6.42 Å². The van der Waals surface area contributed by atoms with Gasteiger partial charge < -0.3 is 4.52 Å². The Morgan fingerprint density at radius 3 is 2.83 bits per heavy atom. The van der Waals surface area contributed by atoms with E-state index in [-0.39, 0.29) is 5.25 Å². The molecule has 0 saturated carbocycles. The molecule has 1 aromatic carbocycles. The van der Waals surface area contributed by atoms with E-state index in [2.05, 4.69) is 38.7 Å². The second-order valence-corrected chi connectivity index (χ2v) is 6.63. The van der Waals surface area contributed by atoms with Crippen LogP contribution in [-0.4, -0.2) is 30.3 Å². The zero-order valence-electron chi connectivity index (χ0n) is 13.5. The SMILES string of the molecule is CCc1noc(C(C)Sc2nnnn2-c2ccc(C)cc2C)n1. The smallest absolute Gasteiger partial charge is 0.239 e. The van der Waals surface area contributed by atoms with Crippen molar-refractivity contribution in [3.05, 3.63) is 41.0 Å². The predicted octanol–water partition coefficient (Wildman–Crippen LogP) is 3.08. The number of aromatic nitrogens is 6. The number of rotatable bonds is 5. The molecule has 0 saturated heterocycles. The first-order valence-electron chi connectivity index (χ1n) is 7.43. The van der Waals surface area contributed by atoms with E-state index < -0.39 is 0 Å². The van der Waals surface area contributed by atoms with Gasteiger partial charge in [-0.25, -0.2) is 0 Å². The lowest BCUT2D eigenvalue weighted by Gasteiger charge is -2.09. The largest absolute Gasteiger partial charge is 0.338 e. The van der Waals surface area contributed by atoms with Gasteiger partial charge in [-0.05, 0) is 42.8 Å². The minimum absolute atomic E-state index is 0.0293. The van der Waals surface area contributed by atoms with E-state index in [0.717, 1.165) is 17.7 Å². The Balaban J connectivity index is 1.86. The van der Waals surface area contributed by atoms with Crippen molar-refractivity contribution in [2.24, 2.45) is 0 Å². The number of aryl methyl sites for hydroxylation is 3. The molecule has 7 nitrogen and oxygen atoms in total. The van der Waals surface area contributed by atoms with Crippen LogP contribution in [0.25, 0.3) is 5.69 Å². The van der Waals surface area contributed by atoms with E-state index in [1.165, 1.54) is 17.3 Å². The van der Waals surface area contributed by atoms with Crippen molar-refractivity contribution in [3.8, 4) is 5.69 Å². The van der Waals surface area contributed by atoms with Crippen LogP contribution in [0, 0.1) is 13.8 Å². The molecule has 2 aromatic heterocycles. The molecule has 0 amide bonds. The minimum Gasteiger partial charge on any atom is -0.338 e. The summed E-state index contributed by atoms with van der Waals surface area (Å²) in [6.45, 7) is 8.11. The van der Waals surface area contributed by atoms with Gasteiger partial charge in [-0.2, -0.15) is 9.67 Å². The van der Waals surface area contributed by atoms with E-state index in [1.807, 2.05) is 32.9 Å². The molecule has 0 radical (unpaired) electrons. The zero-order valence-corrected chi connectivity index (χ0v) is 14.3. The second-order valence-electron chi connectivity index (χ2n) is 5.33. The lowest BCUT2D eigenvalue weighted by atomic mass is 10.1. The molecule has 0 spiro atoms. The third kappa shape index (κ3) is 3.26. The van der Waals surface area contributed by atoms with Gasteiger partial charge in [0.05, 0.1) is 10.9 Å².